The third-order valence-electron chi connectivity index (χ3n) is 3.35. The molecule has 3 rings (SSSR count). The van der Waals surface area contributed by atoms with Crippen molar-refractivity contribution in [2.75, 3.05) is 0 Å². The van der Waals surface area contributed by atoms with Gasteiger partial charge in [0.15, 0.2) is 0 Å². The van der Waals surface area contributed by atoms with Gasteiger partial charge in [-0.3, -0.25) is 0 Å². The summed E-state index contributed by atoms with van der Waals surface area (Å²) in [6, 6.07) is 6.40. The number of aromatic nitrogens is 2. The molecule has 0 amide bonds. The van der Waals surface area contributed by atoms with Crippen LogP contribution in [-0.2, 0) is 0 Å². The van der Waals surface area contributed by atoms with Crippen LogP contribution in [0.2, 0.25) is 0 Å². The maximum atomic E-state index is 13.1. The van der Waals surface area contributed by atoms with E-state index in [1.165, 1.54) is 12.1 Å². The summed E-state index contributed by atoms with van der Waals surface area (Å²) in [5.41, 5.74) is 6.49. The molecule has 0 radical (unpaired) electrons. The summed E-state index contributed by atoms with van der Waals surface area (Å²) < 4.78 is 18.4. The van der Waals surface area contributed by atoms with E-state index in [0.29, 0.717) is 17.3 Å². The van der Waals surface area contributed by atoms with Gasteiger partial charge in [-0.2, -0.15) is 4.98 Å². The molecule has 1 aromatic carbocycles. The summed E-state index contributed by atoms with van der Waals surface area (Å²) in [5, 5.41) is 3.90. The minimum Gasteiger partial charge on any atom is -0.339 e. The summed E-state index contributed by atoms with van der Waals surface area (Å²) >= 11 is 0. The minimum atomic E-state index is -0.304. The van der Waals surface area contributed by atoms with Crippen molar-refractivity contribution in [3.8, 4) is 11.4 Å². The molecule has 2 N–H and O–H groups in total. The van der Waals surface area contributed by atoms with Crippen LogP contribution in [0.15, 0.2) is 28.8 Å². The van der Waals surface area contributed by atoms with E-state index < -0.39 is 0 Å². The highest BCUT2D eigenvalue weighted by Gasteiger charge is 2.27. The molecular formula is C13H14FN3O. The Labute approximate surface area is 104 Å². The lowest BCUT2D eigenvalue weighted by Crippen LogP contribution is -2.14. The first-order chi connectivity index (χ1) is 8.72. The average Bonchev–Trinajstić information content (AvgIpc) is 2.97. The smallest absolute Gasteiger partial charge is 0.230 e. The molecule has 0 spiro atoms. The number of benzene rings is 1. The van der Waals surface area contributed by atoms with E-state index in [0.717, 1.165) is 19.3 Å². The lowest BCUT2D eigenvalue weighted by atomic mass is 10.1. The minimum absolute atomic E-state index is 0.222. The second-order valence-corrected chi connectivity index (χ2v) is 4.74. The van der Waals surface area contributed by atoms with E-state index in [1.807, 2.05) is 0 Å². The Morgan fingerprint density at radius 2 is 2.22 bits per heavy atom. The van der Waals surface area contributed by atoms with Gasteiger partial charge in [-0.15, -0.1) is 0 Å². The van der Waals surface area contributed by atoms with E-state index in [-0.39, 0.29) is 17.8 Å². The number of rotatable bonds is 2. The van der Waals surface area contributed by atoms with Crippen LogP contribution in [0, 0.1) is 5.82 Å². The van der Waals surface area contributed by atoms with Crippen LogP contribution < -0.4 is 5.73 Å². The first kappa shape index (κ1) is 11.3. The van der Waals surface area contributed by atoms with Gasteiger partial charge < -0.3 is 10.3 Å². The van der Waals surface area contributed by atoms with Crippen LogP contribution in [-0.4, -0.2) is 16.2 Å². The predicted molar refractivity (Wildman–Crippen MR) is 64.3 cm³/mol. The van der Waals surface area contributed by atoms with Gasteiger partial charge in [0, 0.05) is 17.5 Å². The number of nitrogens with two attached hydrogens (primary N) is 1. The zero-order chi connectivity index (χ0) is 12.5. The van der Waals surface area contributed by atoms with Gasteiger partial charge in [-0.05, 0) is 31.4 Å². The quantitative estimate of drug-likeness (QED) is 0.885. The largest absolute Gasteiger partial charge is 0.339 e. The normalized spacial score (nSPS) is 23.4. The van der Waals surface area contributed by atoms with Crippen LogP contribution in [0.5, 0.6) is 0 Å². The highest BCUT2D eigenvalue weighted by molar-refractivity contribution is 5.53. The van der Waals surface area contributed by atoms with Crippen molar-refractivity contribution in [1.29, 1.82) is 0 Å². The van der Waals surface area contributed by atoms with Gasteiger partial charge >= 0.3 is 0 Å². The maximum absolute atomic E-state index is 13.1. The number of halogens is 1. The molecule has 1 heterocycles. The molecule has 1 aliphatic rings. The fourth-order valence-electron chi connectivity index (χ4n) is 2.39. The average molecular weight is 247 g/mol. The summed E-state index contributed by atoms with van der Waals surface area (Å²) in [7, 11) is 0. The fraction of sp³-hybridized carbons (Fsp3) is 0.385. The zero-order valence-electron chi connectivity index (χ0n) is 9.84. The fourth-order valence-corrected chi connectivity index (χ4v) is 2.39. The molecule has 18 heavy (non-hydrogen) atoms. The Kier molecular flexibility index (Phi) is 2.83. The highest BCUT2D eigenvalue weighted by atomic mass is 19.1. The Balaban J connectivity index is 1.85. The third-order valence-corrected chi connectivity index (χ3v) is 3.35. The standard InChI is InChI=1S/C13H14FN3O/c14-10-3-1-2-8(6-10)12-16-13(18-17-12)9-4-5-11(15)7-9/h1-3,6,9,11H,4-5,7,15H2/t9-,11+/m1/s1. The molecule has 1 saturated carbocycles. The van der Waals surface area contributed by atoms with Gasteiger partial charge in [-0.1, -0.05) is 17.3 Å². The topological polar surface area (TPSA) is 64.9 Å². The molecule has 1 aromatic heterocycles. The molecule has 0 bridgehead atoms. The van der Waals surface area contributed by atoms with E-state index in [9.17, 15) is 4.39 Å². The molecular weight excluding hydrogens is 233 g/mol. The number of hydrogen-bond acceptors (Lipinski definition) is 4. The first-order valence-corrected chi connectivity index (χ1v) is 6.07. The second-order valence-electron chi connectivity index (χ2n) is 4.74. The molecule has 1 aliphatic carbocycles. The van der Waals surface area contributed by atoms with Crippen molar-refractivity contribution in [3.05, 3.63) is 36.0 Å². The van der Waals surface area contributed by atoms with Crippen LogP contribution in [0.25, 0.3) is 11.4 Å². The van der Waals surface area contributed by atoms with Crippen molar-refractivity contribution in [2.24, 2.45) is 5.73 Å². The maximum Gasteiger partial charge on any atom is 0.230 e. The van der Waals surface area contributed by atoms with Gasteiger partial charge in [0.05, 0.1) is 0 Å². The zero-order valence-corrected chi connectivity index (χ0v) is 9.84. The molecule has 0 unspecified atom stereocenters. The van der Waals surface area contributed by atoms with E-state index in [2.05, 4.69) is 10.1 Å². The van der Waals surface area contributed by atoms with E-state index in [1.54, 1.807) is 12.1 Å². The van der Waals surface area contributed by atoms with Gasteiger partial charge in [0.25, 0.3) is 0 Å². The molecule has 0 saturated heterocycles. The monoisotopic (exact) mass is 247 g/mol. The molecule has 4 nitrogen and oxygen atoms in total. The molecule has 0 aliphatic heterocycles. The second kappa shape index (κ2) is 4.49. The van der Waals surface area contributed by atoms with Crippen molar-refractivity contribution in [2.45, 2.75) is 31.2 Å². The highest BCUT2D eigenvalue weighted by Crippen LogP contribution is 2.33. The Morgan fingerprint density at radius 1 is 1.33 bits per heavy atom. The van der Waals surface area contributed by atoms with Crippen molar-refractivity contribution in [3.63, 3.8) is 0 Å². The SMILES string of the molecule is N[C@H]1CC[C@@H](c2nc(-c3cccc(F)c3)no2)C1. The Bertz CT molecular complexity index is 555. The Morgan fingerprint density at radius 3 is 2.94 bits per heavy atom. The summed E-state index contributed by atoms with van der Waals surface area (Å²) in [6.07, 6.45) is 2.85. The van der Waals surface area contributed by atoms with Crippen LogP contribution in [0.1, 0.15) is 31.1 Å². The van der Waals surface area contributed by atoms with Crippen molar-refractivity contribution < 1.29 is 8.91 Å². The first-order valence-electron chi connectivity index (χ1n) is 6.07. The van der Waals surface area contributed by atoms with Gasteiger partial charge in [-0.25, -0.2) is 4.39 Å². The number of nitrogens with zero attached hydrogens (tertiary/aromatic N) is 2. The molecule has 2 aromatic rings. The molecule has 5 heteroatoms. The summed E-state index contributed by atoms with van der Waals surface area (Å²) in [4.78, 5) is 4.34. The summed E-state index contributed by atoms with van der Waals surface area (Å²) in [6.45, 7) is 0. The van der Waals surface area contributed by atoms with E-state index in [4.69, 9.17) is 10.3 Å². The van der Waals surface area contributed by atoms with Gasteiger partial charge in [0.1, 0.15) is 5.82 Å². The summed E-state index contributed by atoms with van der Waals surface area (Å²) in [5.74, 6) is 0.990. The number of hydrogen-bond donors (Lipinski definition) is 1. The van der Waals surface area contributed by atoms with Crippen LogP contribution in [0.4, 0.5) is 4.39 Å². The molecule has 94 valence electrons. The third kappa shape index (κ3) is 2.13. The Hall–Kier alpha value is -1.75. The van der Waals surface area contributed by atoms with Crippen LogP contribution in [0.3, 0.4) is 0 Å². The molecule has 1 fully saturated rings. The van der Waals surface area contributed by atoms with Crippen LogP contribution >= 0.6 is 0 Å². The predicted octanol–water partition coefficient (Wildman–Crippen LogP) is 2.47. The van der Waals surface area contributed by atoms with Crippen molar-refractivity contribution >= 4 is 0 Å². The lowest BCUT2D eigenvalue weighted by molar-refractivity contribution is 0.353. The van der Waals surface area contributed by atoms with Gasteiger partial charge in [0.2, 0.25) is 11.7 Å². The van der Waals surface area contributed by atoms with E-state index >= 15 is 0 Å². The van der Waals surface area contributed by atoms with Crippen molar-refractivity contribution in [1.82, 2.24) is 10.1 Å². The molecule has 2 atom stereocenters. The lowest BCUT2D eigenvalue weighted by Gasteiger charge is -2.01.